The van der Waals surface area contributed by atoms with Crippen molar-refractivity contribution in [2.75, 3.05) is 5.43 Å². The maximum atomic E-state index is 14.2. The van der Waals surface area contributed by atoms with Crippen molar-refractivity contribution < 1.29 is 14.0 Å². The van der Waals surface area contributed by atoms with E-state index in [4.69, 9.17) is 16.4 Å². The minimum atomic E-state index is -0.706. The highest BCUT2D eigenvalue weighted by molar-refractivity contribution is 6.45. The monoisotopic (exact) mass is 344 g/mol. The second-order valence-corrected chi connectivity index (χ2v) is 5.64. The van der Waals surface area contributed by atoms with Crippen LogP contribution >= 0.6 is 0 Å². The number of nitrogens with two attached hydrogens (primary N) is 1. The van der Waals surface area contributed by atoms with E-state index in [1.54, 1.807) is 13.0 Å². The Labute approximate surface area is 143 Å². The number of amidine groups is 1. The van der Waals surface area contributed by atoms with Crippen LogP contribution in [0.3, 0.4) is 0 Å². The lowest BCUT2D eigenvalue weighted by Crippen LogP contribution is -2.43. The van der Waals surface area contributed by atoms with E-state index in [0.29, 0.717) is 24.0 Å². The highest BCUT2D eigenvalue weighted by atomic mass is 19.1. The molecule has 0 aliphatic heterocycles. The summed E-state index contributed by atoms with van der Waals surface area (Å²) in [5.41, 5.74) is 8.43. The average Bonchev–Trinajstić information content (AvgIpc) is 2.53. The number of halogens is 1. The Morgan fingerprint density at radius 3 is 2.80 bits per heavy atom. The lowest BCUT2D eigenvalue weighted by molar-refractivity contribution is -0.119. The highest BCUT2D eigenvalue weighted by Crippen LogP contribution is 2.32. The Kier molecular flexibility index (Phi) is 5.12. The van der Waals surface area contributed by atoms with Crippen molar-refractivity contribution in [3.63, 3.8) is 0 Å². The number of amides is 1. The molecule has 1 atom stereocenters. The van der Waals surface area contributed by atoms with Gasteiger partial charge in [-0.25, -0.2) is 4.39 Å². The fraction of sp³-hybridized carbons (Fsp3) is 0.312. The van der Waals surface area contributed by atoms with Crippen molar-refractivity contribution in [3.05, 3.63) is 28.6 Å². The fourth-order valence-electron chi connectivity index (χ4n) is 2.72. The molecule has 5 N–H and O–H groups in total. The van der Waals surface area contributed by atoms with Gasteiger partial charge in [-0.05, 0) is 37.0 Å². The van der Waals surface area contributed by atoms with E-state index in [1.807, 2.05) is 0 Å². The number of nitriles is 1. The number of fused-ring (bicyclic) bond motifs is 1. The van der Waals surface area contributed by atoms with Gasteiger partial charge in [0.05, 0.1) is 11.7 Å². The molecular weight excluding hydrogens is 327 g/mol. The first kappa shape index (κ1) is 18.1. The summed E-state index contributed by atoms with van der Waals surface area (Å²) in [6.07, 6.45) is 0.779. The molecule has 0 fully saturated rings. The highest BCUT2D eigenvalue weighted by Gasteiger charge is 2.32. The van der Waals surface area contributed by atoms with Crippen molar-refractivity contribution in [2.45, 2.75) is 32.7 Å². The molecule has 2 rings (SSSR count). The third-order valence-electron chi connectivity index (χ3n) is 3.93. The molecule has 25 heavy (non-hydrogen) atoms. The van der Waals surface area contributed by atoms with E-state index in [2.05, 4.69) is 15.8 Å². The Morgan fingerprint density at radius 2 is 2.24 bits per heavy atom. The molecular formula is C16H17FN6O2. The fourth-order valence-corrected chi connectivity index (χ4v) is 2.72. The number of nitrogens with zero attached hydrogens (tertiary/aromatic N) is 2. The lowest BCUT2D eigenvalue weighted by Gasteiger charge is -2.27. The third-order valence-corrected chi connectivity index (χ3v) is 3.93. The third kappa shape index (κ3) is 3.63. The maximum Gasteiger partial charge on any atom is 0.217 e. The molecule has 9 heteroatoms. The second-order valence-electron chi connectivity index (χ2n) is 5.64. The zero-order chi connectivity index (χ0) is 18.7. The zero-order valence-electron chi connectivity index (χ0n) is 13.7. The van der Waals surface area contributed by atoms with Gasteiger partial charge in [-0.3, -0.25) is 20.4 Å². The van der Waals surface area contributed by atoms with Crippen LogP contribution in [0.25, 0.3) is 0 Å². The number of carbonyl (C=O) groups is 2. The molecule has 0 saturated carbocycles. The minimum Gasteiger partial charge on any atom is -0.382 e. The summed E-state index contributed by atoms with van der Waals surface area (Å²) < 4.78 is 14.2. The summed E-state index contributed by atoms with van der Waals surface area (Å²) in [4.78, 5) is 24.0. The molecule has 0 heterocycles. The summed E-state index contributed by atoms with van der Waals surface area (Å²) in [6, 6.07) is 2.02. The van der Waals surface area contributed by atoms with Crippen molar-refractivity contribution in [1.29, 1.82) is 10.7 Å². The molecule has 130 valence electrons. The molecule has 1 aliphatic rings. The van der Waals surface area contributed by atoms with E-state index in [-0.39, 0.29) is 22.9 Å². The second kappa shape index (κ2) is 7.09. The first-order valence-corrected chi connectivity index (χ1v) is 7.47. The van der Waals surface area contributed by atoms with Gasteiger partial charge in [-0.1, -0.05) is 0 Å². The molecule has 0 radical (unpaired) electrons. The van der Waals surface area contributed by atoms with E-state index in [0.717, 1.165) is 6.07 Å². The van der Waals surface area contributed by atoms with Crippen LogP contribution in [-0.4, -0.2) is 29.3 Å². The van der Waals surface area contributed by atoms with E-state index in [9.17, 15) is 14.0 Å². The largest absolute Gasteiger partial charge is 0.382 e. The van der Waals surface area contributed by atoms with Gasteiger partial charge < -0.3 is 11.1 Å². The topological polar surface area (TPSA) is 144 Å². The summed E-state index contributed by atoms with van der Waals surface area (Å²) in [5, 5.41) is 22.3. The first-order chi connectivity index (χ1) is 11.8. The maximum absolute atomic E-state index is 14.2. The van der Waals surface area contributed by atoms with Crippen LogP contribution < -0.4 is 16.5 Å². The van der Waals surface area contributed by atoms with Crippen molar-refractivity contribution >= 4 is 28.9 Å². The number of nitrogens with one attached hydrogen (secondary N) is 3. The van der Waals surface area contributed by atoms with Crippen molar-refractivity contribution in [1.82, 2.24) is 5.32 Å². The number of hydrazone groups is 1. The number of hydrogen-bond acceptors (Lipinski definition) is 6. The van der Waals surface area contributed by atoms with Gasteiger partial charge >= 0.3 is 0 Å². The zero-order valence-corrected chi connectivity index (χ0v) is 13.7. The molecule has 1 aromatic rings. The van der Waals surface area contributed by atoms with E-state index < -0.39 is 23.4 Å². The number of rotatable bonds is 4. The number of ketones is 1. The molecule has 0 bridgehead atoms. The van der Waals surface area contributed by atoms with Crippen LogP contribution in [0, 0.1) is 29.5 Å². The summed E-state index contributed by atoms with van der Waals surface area (Å²) >= 11 is 0. The molecule has 8 nitrogen and oxygen atoms in total. The van der Waals surface area contributed by atoms with Crippen LogP contribution in [0.5, 0.6) is 0 Å². The number of carbonyl (C=O) groups excluding carboxylic acids is 2. The average molecular weight is 344 g/mol. The summed E-state index contributed by atoms with van der Waals surface area (Å²) in [5.74, 6) is -1.78. The Bertz CT molecular complexity index is 840. The van der Waals surface area contributed by atoms with Gasteiger partial charge in [0.15, 0.2) is 11.6 Å². The van der Waals surface area contributed by atoms with Gasteiger partial charge in [-0.15, -0.1) is 0 Å². The first-order valence-electron chi connectivity index (χ1n) is 7.47. The van der Waals surface area contributed by atoms with E-state index in [1.165, 1.54) is 6.92 Å². The van der Waals surface area contributed by atoms with Crippen LogP contribution in [0.15, 0.2) is 11.2 Å². The Hall–Kier alpha value is -3.28. The van der Waals surface area contributed by atoms with Crippen LogP contribution in [-0.2, 0) is 11.2 Å². The SMILES string of the molecule is CC(=O)NC1CCc2c(C)c(F)cc(N/N=C(\C#N)C(=N)N)c2C1=O. The number of benzene rings is 1. The quantitative estimate of drug-likeness (QED) is 0.366. The Balaban J connectivity index is 2.51. The standard InChI is InChI=1S/C16H17FN6O2/c1-7-9-3-4-11(21-8(2)24)15(25)14(9)12(5-10(7)17)22-23-13(6-18)16(19)20/h5,11,22H,3-4H2,1-2H3,(H3,19,20)(H,21,24)/b23-13+. The molecule has 1 unspecified atom stereocenters. The number of hydrogen-bond donors (Lipinski definition) is 4. The normalized spacial score (nSPS) is 16.6. The van der Waals surface area contributed by atoms with Crippen LogP contribution in [0.1, 0.15) is 34.8 Å². The summed E-state index contributed by atoms with van der Waals surface area (Å²) in [7, 11) is 0. The van der Waals surface area contributed by atoms with Gasteiger partial charge in [-0.2, -0.15) is 10.4 Å². The van der Waals surface area contributed by atoms with E-state index >= 15 is 0 Å². The molecule has 0 saturated heterocycles. The summed E-state index contributed by atoms with van der Waals surface area (Å²) in [6.45, 7) is 2.89. The molecule has 0 spiro atoms. The number of Topliss-reactive ketones (excluding diaryl/α,β-unsaturated/α-hetero) is 1. The van der Waals surface area contributed by atoms with Gasteiger partial charge in [0, 0.05) is 12.5 Å². The van der Waals surface area contributed by atoms with Crippen LogP contribution in [0.2, 0.25) is 0 Å². The number of anilines is 1. The van der Waals surface area contributed by atoms with Crippen LogP contribution in [0.4, 0.5) is 10.1 Å². The minimum absolute atomic E-state index is 0.0622. The van der Waals surface area contributed by atoms with Crippen molar-refractivity contribution in [3.8, 4) is 6.07 Å². The molecule has 1 aromatic carbocycles. The molecule has 1 amide bonds. The molecule has 1 aliphatic carbocycles. The Morgan fingerprint density at radius 1 is 1.56 bits per heavy atom. The smallest absolute Gasteiger partial charge is 0.217 e. The predicted molar refractivity (Wildman–Crippen MR) is 90.0 cm³/mol. The molecule has 0 aromatic heterocycles. The predicted octanol–water partition coefficient (Wildman–Crippen LogP) is 0.995. The van der Waals surface area contributed by atoms with Gasteiger partial charge in [0.1, 0.15) is 11.9 Å². The van der Waals surface area contributed by atoms with Crippen molar-refractivity contribution in [2.24, 2.45) is 10.8 Å². The van der Waals surface area contributed by atoms with Gasteiger partial charge in [0.25, 0.3) is 0 Å². The lowest BCUT2D eigenvalue weighted by atomic mass is 9.83. The van der Waals surface area contributed by atoms with Gasteiger partial charge in [0.2, 0.25) is 11.6 Å².